The van der Waals surface area contributed by atoms with Crippen LogP contribution >= 0.6 is 0 Å². The van der Waals surface area contributed by atoms with Crippen LogP contribution in [0.2, 0.25) is 0 Å². The highest BCUT2D eigenvalue weighted by molar-refractivity contribution is 6.13. The fourth-order valence-electron chi connectivity index (χ4n) is 3.48. The number of methoxy groups -OCH3 is 1. The Kier molecular flexibility index (Phi) is 5.82. The summed E-state index contributed by atoms with van der Waals surface area (Å²) in [6.07, 6.45) is 1.46. The molecule has 33 heavy (non-hydrogen) atoms. The number of carbonyl (C=O) groups excluding carboxylic acids is 2. The van der Waals surface area contributed by atoms with Crippen molar-refractivity contribution in [1.29, 1.82) is 0 Å². The average molecular weight is 443 g/mol. The zero-order valence-corrected chi connectivity index (χ0v) is 17.9. The summed E-state index contributed by atoms with van der Waals surface area (Å²) in [5, 5.41) is 23.6. The second kappa shape index (κ2) is 8.88. The fraction of sp³-hybridized carbons (Fsp3) is 0.0800. The normalized spacial score (nSPS) is 11.1. The van der Waals surface area contributed by atoms with E-state index < -0.39 is 0 Å². The van der Waals surface area contributed by atoms with Crippen LogP contribution in [-0.4, -0.2) is 40.2 Å². The summed E-state index contributed by atoms with van der Waals surface area (Å²) in [4.78, 5) is 31.6. The number of H-pyrrole nitrogens is 1. The van der Waals surface area contributed by atoms with Gasteiger partial charge in [0.15, 0.2) is 23.2 Å². The van der Waals surface area contributed by atoms with E-state index in [9.17, 15) is 19.8 Å². The van der Waals surface area contributed by atoms with Gasteiger partial charge in [0.05, 0.1) is 18.4 Å². The molecule has 0 bridgehead atoms. The van der Waals surface area contributed by atoms with Crippen LogP contribution in [-0.2, 0) is 4.79 Å². The van der Waals surface area contributed by atoms with Crippen molar-refractivity contribution in [2.75, 3.05) is 12.4 Å². The topological polar surface area (TPSA) is 124 Å². The lowest BCUT2D eigenvalue weighted by Crippen LogP contribution is -2.07. The second-order valence-electron chi connectivity index (χ2n) is 7.35. The van der Waals surface area contributed by atoms with Gasteiger partial charge in [-0.05, 0) is 42.5 Å². The number of phenolic OH excluding ortho intramolecular Hbond substituents is 1. The zero-order valence-electron chi connectivity index (χ0n) is 17.9. The minimum absolute atomic E-state index is 0.0512. The molecule has 1 amide bonds. The monoisotopic (exact) mass is 443 g/mol. The summed E-state index contributed by atoms with van der Waals surface area (Å²) < 4.78 is 5.03. The van der Waals surface area contributed by atoms with Crippen LogP contribution in [0, 0.1) is 0 Å². The molecule has 166 valence electrons. The molecule has 3 aromatic carbocycles. The first-order valence-corrected chi connectivity index (χ1v) is 10.0. The van der Waals surface area contributed by atoms with Crippen LogP contribution < -0.4 is 10.1 Å². The van der Waals surface area contributed by atoms with Gasteiger partial charge in [-0.1, -0.05) is 12.1 Å². The number of nitrogens with one attached hydrogen (secondary N) is 2. The Labute approximate surface area is 189 Å². The number of rotatable bonds is 6. The molecule has 8 nitrogen and oxygen atoms in total. The number of anilines is 1. The van der Waals surface area contributed by atoms with Crippen molar-refractivity contribution in [3.8, 4) is 17.4 Å². The van der Waals surface area contributed by atoms with Gasteiger partial charge in [0, 0.05) is 46.9 Å². The molecular formula is C25H21N3O5. The highest BCUT2D eigenvalue weighted by Gasteiger charge is 2.15. The highest BCUT2D eigenvalue weighted by atomic mass is 16.5. The number of carbonyl (C=O) groups is 2. The van der Waals surface area contributed by atoms with E-state index in [1.807, 2.05) is 0 Å². The first-order valence-electron chi connectivity index (χ1n) is 10.0. The van der Waals surface area contributed by atoms with Crippen LogP contribution in [0.15, 0.2) is 65.7 Å². The number of benzene rings is 3. The SMILES string of the molecule is COc1ccc(N=Cc2c(O)[nH]c3ccc(C(=O)c4cccc(NC(C)=O)c4)cc23)cc1O. The van der Waals surface area contributed by atoms with Gasteiger partial charge in [-0.3, -0.25) is 14.6 Å². The predicted octanol–water partition coefficient (Wildman–Crippen LogP) is 4.53. The summed E-state index contributed by atoms with van der Waals surface area (Å²) in [7, 11) is 1.46. The smallest absolute Gasteiger partial charge is 0.221 e. The van der Waals surface area contributed by atoms with Crippen molar-refractivity contribution in [2.24, 2.45) is 4.99 Å². The minimum Gasteiger partial charge on any atom is -0.504 e. The van der Waals surface area contributed by atoms with E-state index in [2.05, 4.69) is 15.3 Å². The number of fused-ring (bicyclic) bond motifs is 1. The summed E-state index contributed by atoms with van der Waals surface area (Å²) in [6.45, 7) is 1.40. The minimum atomic E-state index is -0.229. The van der Waals surface area contributed by atoms with Crippen LogP contribution in [0.3, 0.4) is 0 Å². The highest BCUT2D eigenvalue weighted by Crippen LogP contribution is 2.31. The first-order chi connectivity index (χ1) is 15.9. The Morgan fingerprint density at radius 3 is 2.55 bits per heavy atom. The summed E-state index contributed by atoms with van der Waals surface area (Å²) >= 11 is 0. The number of aromatic hydroxyl groups is 2. The van der Waals surface area contributed by atoms with Gasteiger partial charge in [-0.2, -0.15) is 0 Å². The molecule has 0 aliphatic rings. The van der Waals surface area contributed by atoms with Gasteiger partial charge in [-0.15, -0.1) is 0 Å². The van der Waals surface area contributed by atoms with Gasteiger partial charge in [0.25, 0.3) is 0 Å². The van der Waals surface area contributed by atoms with Crippen LogP contribution in [0.1, 0.15) is 28.4 Å². The largest absolute Gasteiger partial charge is 0.504 e. The Balaban J connectivity index is 1.68. The van der Waals surface area contributed by atoms with Crippen LogP contribution in [0.5, 0.6) is 17.4 Å². The molecule has 0 aliphatic carbocycles. The van der Waals surface area contributed by atoms with Crippen molar-refractivity contribution < 1.29 is 24.5 Å². The van der Waals surface area contributed by atoms with Crippen molar-refractivity contribution in [2.45, 2.75) is 6.92 Å². The molecule has 1 aromatic heterocycles. The molecule has 0 saturated carbocycles. The molecule has 0 saturated heterocycles. The number of aliphatic imine (C=N–C) groups is 1. The van der Waals surface area contributed by atoms with Gasteiger partial charge in [-0.25, -0.2) is 0 Å². The fourth-order valence-corrected chi connectivity index (χ4v) is 3.48. The van der Waals surface area contributed by atoms with E-state index >= 15 is 0 Å². The van der Waals surface area contributed by atoms with E-state index in [1.165, 1.54) is 26.3 Å². The lowest BCUT2D eigenvalue weighted by molar-refractivity contribution is -0.114. The Bertz CT molecular complexity index is 1400. The van der Waals surface area contributed by atoms with Crippen molar-refractivity contribution >= 4 is 40.2 Å². The number of ether oxygens (including phenoxy) is 1. The van der Waals surface area contributed by atoms with Gasteiger partial charge < -0.3 is 25.3 Å². The molecule has 0 aliphatic heterocycles. The standard InChI is InChI=1S/C25H21N3O5/c1-14(29)27-18-5-3-4-15(10-18)24(31)16-6-8-21-19(11-16)20(25(32)28-21)13-26-17-7-9-23(33-2)22(30)12-17/h3-13,28,30,32H,1-2H3,(H,27,29). The first kappa shape index (κ1) is 21.6. The third kappa shape index (κ3) is 4.54. The molecule has 4 aromatic rings. The van der Waals surface area contributed by atoms with Crippen molar-refractivity contribution in [1.82, 2.24) is 4.98 Å². The number of aromatic nitrogens is 1. The maximum atomic E-state index is 13.1. The third-order valence-electron chi connectivity index (χ3n) is 5.03. The number of aromatic amines is 1. The quantitative estimate of drug-likeness (QED) is 0.257. The molecule has 4 N–H and O–H groups in total. The van der Waals surface area contributed by atoms with E-state index in [4.69, 9.17) is 4.74 Å². The van der Waals surface area contributed by atoms with Gasteiger partial charge in [0.2, 0.25) is 5.91 Å². The van der Waals surface area contributed by atoms with Gasteiger partial charge in [0.1, 0.15) is 0 Å². The second-order valence-corrected chi connectivity index (χ2v) is 7.35. The summed E-state index contributed by atoms with van der Waals surface area (Å²) in [5.74, 6) is -0.270. The number of hydrogen-bond donors (Lipinski definition) is 4. The number of amides is 1. The zero-order chi connectivity index (χ0) is 23.5. The Morgan fingerprint density at radius 1 is 1.03 bits per heavy atom. The molecule has 0 unspecified atom stereocenters. The molecule has 0 atom stereocenters. The maximum Gasteiger partial charge on any atom is 0.221 e. The molecular weight excluding hydrogens is 422 g/mol. The number of ketones is 1. The maximum absolute atomic E-state index is 13.1. The lowest BCUT2D eigenvalue weighted by atomic mass is 10.0. The van der Waals surface area contributed by atoms with Crippen LogP contribution in [0.4, 0.5) is 11.4 Å². The molecule has 1 heterocycles. The predicted molar refractivity (Wildman–Crippen MR) is 126 cm³/mol. The van der Waals surface area contributed by atoms with E-state index in [0.29, 0.717) is 44.7 Å². The van der Waals surface area contributed by atoms with Crippen molar-refractivity contribution in [3.05, 3.63) is 77.4 Å². The number of phenols is 1. The van der Waals surface area contributed by atoms with E-state index in [1.54, 1.807) is 54.6 Å². The van der Waals surface area contributed by atoms with Crippen molar-refractivity contribution in [3.63, 3.8) is 0 Å². The lowest BCUT2D eigenvalue weighted by Gasteiger charge is -2.06. The Hall–Kier alpha value is -4.59. The van der Waals surface area contributed by atoms with Crippen LogP contribution in [0.25, 0.3) is 10.9 Å². The molecule has 8 heteroatoms. The molecule has 0 radical (unpaired) electrons. The Morgan fingerprint density at radius 2 is 1.82 bits per heavy atom. The average Bonchev–Trinajstić information content (AvgIpc) is 3.11. The summed E-state index contributed by atoms with van der Waals surface area (Å²) in [6, 6.07) is 16.4. The summed E-state index contributed by atoms with van der Waals surface area (Å²) in [5.41, 5.74) is 2.87. The van der Waals surface area contributed by atoms with Gasteiger partial charge >= 0.3 is 0 Å². The van der Waals surface area contributed by atoms with E-state index in [0.717, 1.165) is 0 Å². The third-order valence-corrected chi connectivity index (χ3v) is 5.03. The molecule has 0 fully saturated rings. The number of hydrogen-bond acceptors (Lipinski definition) is 6. The number of nitrogens with zero attached hydrogens (tertiary/aromatic N) is 1. The van der Waals surface area contributed by atoms with E-state index in [-0.39, 0.29) is 23.3 Å². The molecule has 4 rings (SSSR count). The molecule has 0 spiro atoms.